The van der Waals surface area contributed by atoms with Gasteiger partial charge in [-0.15, -0.1) is 0 Å². The van der Waals surface area contributed by atoms with E-state index in [0.29, 0.717) is 12.1 Å². The zero-order chi connectivity index (χ0) is 20.7. The van der Waals surface area contributed by atoms with Gasteiger partial charge in [-0.05, 0) is 18.1 Å². The Kier molecular flexibility index (Phi) is 5.03. The summed E-state index contributed by atoms with van der Waals surface area (Å²) >= 11 is 0. The van der Waals surface area contributed by atoms with Crippen LogP contribution >= 0.6 is 0 Å². The molecule has 0 unspecified atom stereocenters. The van der Waals surface area contributed by atoms with E-state index in [0.717, 1.165) is 12.1 Å². The smallest absolute Gasteiger partial charge is 0.313 e. The van der Waals surface area contributed by atoms with Crippen LogP contribution in [-0.4, -0.2) is 20.1 Å². The van der Waals surface area contributed by atoms with E-state index in [2.05, 4.69) is 0 Å². The van der Waals surface area contributed by atoms with Crippen molar-refractivity contribution >= 4 is 11.4 Å². The third-order valence-electron chi connectivity index (χ3n) is 4.78. The summed E-state index contributed by atoms with van der Waals surface area (Å²) in [6.07, 6.45) is 0. The normalized spacial score (nSPS) is 11.6. The molecule has 27 heavy (non-hydrogen) atoms. The van der Waals surface area contributed by atoms with Crippen LogP contribution in [-0.2, 0) is 5.41 Å². The molecule has 0 bridgehead atoms. The van der Waals surface area contributed by atoms with E-state index in [1.165, 1.54) is 6.92 Å². The van der Waals surface area contributed by atoms with Crippen molar-refractivity contribution in [2.45, 2.75) is 26.2 Å². The minimum Gasteiger partial charge on any atom is -0.502 e. The minimum atomic E-state index is -1.59. The van der Waals surface area contributed by atoms with Gasteiger partial charge in [-0.1, -0.05) is 20.8 Å². The molecule has 2 N–H and O–H groups in total. The molecule has 0 atom stereocenters. The molecule has 0 amide bonds. The summed E-state index contributed by atoms with van der Waals surface area (Å²) in [5.41, 5.74) is -4.03. The van der Waals surface area contributed by atoms with E-state index in [1.807, 2.05) is 0 Å². The molecule has 0 saturated carbocycles. The second-order valence-corrected chi connectivity index (χ2v) is 6.51. The van der Waals surface area contributed by atoms with E-state index in [4.69, 9.17) is 0 Å². The SMILES string of the molecule is CC(C)C(C)(c1cc(F)cc([N+](=O)[O-])c1O)c1cc(F)cc([N+](=O)[O-])c1O. The van der Waals surface area contributed by atoms with E-state index < -0.39 is 55.7 Å². The van der Waals surface area contributed by atoms with Crippen LogP contribution in [0.25, 0.3) is 0 Å². The summed E-state index contributed by atoms with van der Waals surface area (Å²) in [5, 5.41) is 42.9. The van der Waals surface area contributed by atoms with Crippen LogP contribution in [0.1, 0.15) is 31.9 Å². The fourth-order valence-electron chi connectivity index (χ4n) is 3.01. The summed E-state index contributed by atoms with van der Waals surface area (Å²) in [6, 6.07) is 2.68. The molecule has 0 aliphatic carbocycles. The number of hydrogen-bond acceptors (Lipinski definition) is 6. The van der Waals surface area contributed by atoms with Gasteiger partial charge in [0.1, 0.15) is 11.6 Å². The first-order valence-corrected chi connectivity index (χ1v) is 7.76. The molecule has 0 aromatic heterocycles. The molecule has 8 nitrogen and oxygen atoms in total. The molecule has 0 radical (unpaired) electrons. The van der Waals surface area contributed by atoms with Gasteiger partial charge in [0.25, 0.3) is 0 Å². The Labute approximate surface area is 152 Å². The number of nitro benzene ring substituents is 2. The highest BCUT2D eigenvalue weighted by atomic mass is 19.1. The Morgan fingerprint density at radius 3 is 1.48 bits per heavy atom. The molecule has 2 rings (SSSR count). The van der Waals surface area contributed by atoms with Gasteiger partial charge in [0.15, 0.2) is 11.5 Å². The second kappa shape index (κ2) is 6.78. The average Bonchev–Trinajstić information content (AvgIpc) is 2.56. The molecule has 0 aliphatic rings. The summed E-state index contributed by atoms with van der Waals surface area (Å²) in [6.45, 7) is 4.52. The molecular weight excluding hydrogens is 366 g/mol. The quantitative estimate of drug-likeness (QED) is 0.591. The predicted octanol–water partition coefficient (Wildman–Crippen LogP) is 4.15. The van der Waals surface area contributed by atoms with Crippen LogP contribution in [0.3, 0.4) is 0 Å². The van der Waals surface area contributed by atoms with Crippen molar-refractivity contribution in [3.05, 3.63) is 67.3 Å². The summed E-state index contributed by atoms with van der Waals surface area (Å²) < 4.78 is 28.0. The molecule has 0 aliphatic heterocycles. The molecule has 10 heteroatoms. The van der Waals surface area contributed by atoms with Crippen molar-refractivity contribution in [3.8, 4) is 11.5 Å². The van der Waals surface area contributed by atoms with E-state index in [9.17, 15) is 39.2 Å². The predicted molar refractivity (Wildman–Crippen MR) is 90.7 cm³/mol. The van der Waals surface area contributed by atoms with Gasteiger partial charge in [0.2, 0.25) is 0 Å². The molecule has 0 spiro atoms. The Hall–Kier alpha value is -3.30. The third-order valence-corrected chi connectivity index (χ3v) is 4.78. The Morgan fingerprint density at radius 1 is 0.889 bits per heavy atom. The number of phenols is 2. The van der Waals surface area contributed by atoms with E-state index in [-0.39, 0.29) is 11.1 Å². The Balaban J connectivity index is 2.94. The van der Waals surface area contributed by atoms with Crippen molar-refractivity contribution in [3.63, 3.8) is 0 Å². The lowest BCUT2D eigenvalue weighted by Crippen LogP contribution is -2.31. The van der Waals surface area contributed by atoms with Crippen molar-refractivity contribution in [2.75, 3.05) is 0 Å². The molecule has 0 fully saturated rings. The zero-order valence-electron chi connectivity index (χ0n) is 14.6. The fourth-order valence-corrected chi connectivity index (χ4v) is 3.01. The largest absolute Gasteiger partial charge is 0.502 e. The highest BCUT2D eigenvalue weighted by Crippen LogP contribution is 2.50. The first-order chi connectivity index (χ1) is 12.4. The second-order valence-electron chi connectivity index (χ2n) is 6.51. The van der Waals surface area contributed by atoms with Gasteiger partial charge >= 0.3 is 11.4 Å². The van der Waals surface area contributed by atoms with Crippen molar-refractivity contribution < 1.29 is 28.8 Å². The average molecular weight is 382 g/mol. The van der Waals surface area contributed by atoms with Crippen LogP contribution in [0.4, 0.5) is 20.2 Å². The van der Waals surface area contributed by atoms with Gasteiger partial charge in [0.05, 0.1) is 22.0 Å². The number of aromatic hydroxyl groups is 2. The maximum atomic E-state index is 14.0. The van der Waals surface area contributed by atoms with Crippen LogP contribution in [0, 0.1) is 37.8 Å². The number of benzene rings is 2. The minimum absolute atomic E-state index is 0.306. The first kappa shape index (κ1) is 20.0. The summed E-state index contributed by atoms with van der Waals surface area (Å²) in [5.74, 6) is -4.40. The molecule has 0 heterocycles. The van der Waals surface area contributed by atoms with Gasteiger partial charge in [0, 0.05) is 16.5 Å². The highest BCUT2D eigenvalue weighted by Gasteiger charge is 2.42. The van der Waals surface area contributed by atoms with Crippen LogP contribution in [0.2, 0.25) is 0 Å². The molecule has 2 aromatic carbocycles. The van der Waals surface area contributed by atoms with Crippen molar-refractivity contribution in [1.82, 2.24) is 0 Å². The highest BCUT2D eigenvalue weighted by molar-refractivity contribution is 5.62. The number of rotatable bonds is 5. The first-order valence-electron chi connectivity index (χ1n) is 7.76. The maximum absolute atomic E-state index is 14.0. The molecule has 0 saturated heterocycles. The van der Waals surface area contributed by atoms with Crippen molar-refractivity contribution in [2.24, 2.45) is 5.92 Å². The van der Waals surface area contributed by atoms with E-state index in [1.54, 1.807) is 13.8 Å². The zero-order valence-corrected chi connectivity index (χ0v) is 14.6. The van der Waals surface area contributed by atoms with Gasteiger partial charge in [-0.3, -0.25) is 20.2 Å². The summed E-state index contributed by atoms with van der Waals surface area (Å²) in [7, 11) is 0. The topological polar surface area (TPSA) is 127 Å². The standard InChI is InChI=1S/C17H16F2N2O6/c1-8(2)17(3,11-4-9(18)6-13(15(11)22)20(24)25)12-5-10(19)7-14(16(12)23)21(26)27/h4-8,22-23H,1-3H3. The molecular formula is C17H16F2N2O6. The number of nitrogens with zero attached hydrogens (tertiary/aromatic N) is 2. The monoisotopic (exact) mass is 382 g/mol. The van der Waals surface area contributed by atoms with Gasteiger partial charge in [-0.25, -0.2) is 8.78 Å². The van der Waals surface area contributed by atoms with Gasteiger partial charge < -0.3 is 10.2 Å². The van der Waals surface area contributed by atoms with Crippen LogP contribution in [0.15, 0.2) is 24.3 Å². The number of halogens is 2. The Bertz CT molecular complexity index is 876. The lowest BCUT2D eigenvalue weighted by Gasteiger charge is -2.35. The van der Waals surface area contributed by atoms with Crippen LogP contribution < -0.4 is 0 Å². The van der Waals surface area contributed by atoms with Gasteiger partial charge in [-0.2, -0.15) is 0 Å². The Morgan fingerprint density at radius 2 is 1.22 bits per heavy atom. The van der Waals surface area contributed by atoms with Crippen LogP contribution in [0.5, 0.6) is 11.5 Å². The fraction of sp³-hybridized carbons (Fsp3) is 0.294. The van der Waals surface area contributed by atoms with Crippen molar-refractivity contribution in [1.29, 1.82) is 0 Å². The third kappa shape index (κ3) is 3.25. The molecule has 144 valence electrons. The number of phenolic OH excluding ortho intramolecular Hbond substituents is 2. The van der Waals surface area contributed by atoms with E-state index >= 15 is 0 Å². The summed E-state index contributed by atoms with van der Waals surface area (Å²) in [4.78, 5) is 20.2. The number of nitro groups is 2. The lowest BCUT2D eigenvalue weighted by atomic mass is 9.67. The number of hydrogen-bond donors (Lipinski definition) is 2. The maximum Gasteiger partial charge on any atom is 0.313 e. The molecule has 2 aromatic rings. The lowest BCUT2D eigenvalue weighted by molar-refractivity contribution is -0.386.